The fourth-order valence-electron chi connectivity index (χ4n) is 2.87. The maximum absolute atomic E-state index is 12.6. The fourth-order valence-corrected chi connectivity index (χ4v) is 3.28. The van der Waals surface area contributed by atoms with E-state index in [-0.39, 0.29) is 5.91 Å². The number of nitrogens with zero attached hydrogens (tertiary/aromatic N) is 2. The van der Waals surface area contributed by atoms with Gasteiger partial charge in [-0.25, -0.2) is 0 Å². The van der Waals surface area contributed by atoms with Gasteiger partial charge in [0.05, 0.1) is 18.3 Å². The highest BCUT2D eigenvalue weighted by atomic mass is 79.9. The number of carbonyl (C=O) groups excluding carboxylic acids is 1. The molecule has 5 nitrogen and oxygen atoms in total. The lowest BCUT2D eigenvalue weighted by atomic mass is 10.2. The number of hydrogen-bond donors (Lipinski definition) is 1. The van der Waals surface area contributed by atoms with E-state index in [0.717, 1.165) is 32.4 Å². The van der Waals surface area contributed by atoms with E-state index in [4.69, 9.17) is 4.74 Å². The van der Waals surface area contributed by atoms with Crippen LogP contribution in [0.2, 0.25) is 0 Å². The predicted octanol–water partition coefficient (Wildman–Crippen LogP) is 3.99. The van der Waals surface area contributed by atoms with Gasteiger partial charge in [0.2, 0.25) is 5.91 Å². The van der Waals surface area contributed by atoms with Gasteiger partial charge < -0.3 is 10.1 Å². The zero-order valence-electron chi connectivity index (χ0n) is 14.4. The molecule has 25 heavy (non-hydrogen) atoms. The number of aromatic nitrogens is 2. The number of halogens is 1. The number of rotatable bonds is 5. The molecule has 0 aliphatic rings. The average Bonchev–Trinajstić information content (AvgIpc) is 2.96. The smallest absolute Gasteiger partial charge is 0.244 e. The number of aryl methyl sites for hydroxylation is 1. The summed E-state index contributed by atoms with van der Waals surface area (Å²) in [6, 6.07) is 13.3. The summed E-state index contributed by atoms with van der Waals surface area (Å²) in [7, 11) is 1.62. The first kappa shape index (κ1) is 17.5. The molecule has 1 amide bonds. The second kappa shape index (κ2) is 7.27. The number of para-hydroxylation sites is 1. The van der Waals surface area contributed by atoms with Gasteiger partial charge in [0.1, 0.15) is 11.8 Å². The molecule has 1 atom stereocenters. The van der Waals surface area contributed by atoms with Crippen LogP contribution in [0.5, 0.6) is 5.75 Å². The Kier molecular flexibility index (Phi) is 5.08. The second-order valence-corrected chi connectivity index (χ2v) is 6.81. The van der Waals surface area contributed by atoms with Gasteiger partial charge in [-0.1, -0.05) is 34.1 Å². The van der Waals surface area contributed by atoms with E-state index in [1.54, 1.807) is 11.8 Å². The number of amides is 1. The lowest BCUT2D eigenvalue weighted by Crippen LogP contribution is -2.31. The van der Waals surface area contributed by atoms with Crippen molar-refractivity contribution >= 4 is 32.7 Å². The first-order chi connectivity index (χ1) is 12.0. The molecule has 2 aromatic carbocycles. The molecular formula is C19H20BrN3O2. The zero-order chi connectivity index (χ0) is 18.0. The van der Waals surface area contributed by atoms with Crippen molar-refractivity contribution < 1.29 is 9.53 Å². The highest BCUT2D eigenvalue weighted by Crippen LogP contribution is 2.24. The Morgan fingerprint density at radius 1 is 1.32 bits per heavy atom. The molecule has 0 aliphatic heterocycles. The Labute approximate surface area is 155 Å². The van der Waals surface area contributed by atoms with Crippen molar-refractivity contribution in [2.24, 2.45) is 0 Å². The molecule has 3 rings (SSSR count). The maximum atomic E-state index is 12.6. The molecule has 0 fully saturated rings. The molecule has 130 valence electrons. The number of hydrogen-bond acceptors (Lipinski definition) is 3. The van der Waals surface area contributed by atoms with Gasteiger partial charge in [-0.05, 0) is 38.1 Å². The monoisotopic (exact) mass is 401 g/mol. The van der Waals surface area contributed by atoms with Crippen LogP contribution in [0.25, 0.3) is 10.9 Å². The summed E-state index contributed by atoms with van der Waals surface area (Å²) in [4.78, 5) is 12.6. The first-order valence-electron chi connectivity index (χ1n) is 8.05. The summed E-state index contributed by atoms with van der Waals surface area (Å²) in [5.41, 5.74) is 2.80. The fraction of sp³-hybridized carbons (Fsp3) is 0.263. The molecule has 1 unspecified atom stereocenters. The number of benzene rings is 2. The van der Waals surface area contributed by atoms with Gasteiger partial charge >= 0.3 is 0 Å². The Balaban J connectivity index is 1.78. The Hall–Kier alpha value is -2.34. The lowest BCUT2D eigenvalue weighted by molar-refractivity contribution is -0.124. The van der Waals surface area contributed by atoms with Gasteiger partial charge in [0, 0.05) is 22.0 Å². The molecule has 6 heteroatoms. The van der Waals surface area contributed by atoms with E-state index in [9.17, 15) is 4.79 Å². The minimum atomic E-state index is -0.406. The van der Waals surface area contributed by atoms with Gasteiger partial charge in [-0.15, -0.1) is 0 Å². The largest absolute Gasteiger partial charge is 0.496 e. The van der Waals surface area contributed by atoms with E-state index in [1.807, 2.05) is 56.3 Å². The van der Waals surface area contributed by atoms with Crippen molar-refractivity contribution in [3.63, 3.8) is 0 Å². The third-order valence-corrected chi connectivity index (χ3v) is 4.73. The topological polar surface area (TPSA) is 56.1 Å². The molecule has 0 aliphatic carbocycles. The van der Waals surface area contributed by atoms with Gasteiger partial charge in [-0.2, -0.15) is 5.10 Å². The van der Waals surface area contributed by atoms with Crippen LogP contribution in [0.4, 0.5) is 0 Å². The summed E-state index contributed by atoms with van der Waals surface area (Å²) < 4.78 is 8.07. The average molecular weight is 402 g/mol. The van der Waals surface area contributed by atoms with Crippen LogP contribution in [0, 0.1) is 6.92 Å². The van der Waals surface area contributed by atoms with E-state index in [0.29, 0.717) is 6.54 Å². The number of nitrogens with one attached hydrogen (secondary N) is 1. The standard InChI is InChI=1S/C19H20BrN3O2/c1-12-16-6-4-5-7-17(16)23(22-12)13(2)19(24)21-11-14-10-15(20)8-9-18(14)25-3/h4-10,13H,11H2,1-3H3,(H,21,24). The Morgan fingerprint density at radius 2 is 2.08 bits per heavy atom. The SMILES string of the molecule is COc1ccc(Br)cc1CNC(=O)C(C)n1nc(C)c2ccccc21. The molecule has 0 bridgehead atoms. The van der Waals surface area contributed by atoms with Crippen LogP contribution in [-0.4, -0.2) is 22.8 Å². The summed E-state index contributed by atoms with van der Waals surface area (Å²) in [5, 5.41) is 8.58. The Bertz CT molecular complexity index is 920. The maximum Gasteiger partial charge on any atom is 0.244 e. The molecule has 1 N–H and O–H groups in total. The van der Waals surface area contributed by atoms with Crippen LogP contribution < -0.4 is 10.1 Å². The zero-order valence-corrected chi connectivity index (χ0v) is 16.0. The molecule has 0 radical (unpaired) electrons. The number of carbonyl (C=O) groups is 1. The van der Waals surface area contributed by atoms with E-state index in [1.165, 1.54) is 0 Å². The van der Waals surface area contributed by atoms with Crippen LogP contribution in [0.3, 0.4) is 0 Å². The van der Waals surface area contributed by atoms with E-state index in [2.05, 4.69) is 26.3 Å². The molecule has 3 aromatic rings. The first-order valence-corrected chi connectivity index (χ1v) is 8.84. The minimum absolute atomic E-state index is 0.0877. The van der Waals surface area contributed by atoms with Crippen LogP contribution >= 0.6 is 15.9 Å². The van der Waals surface area contributed by atoms with Crippen LogP contribution in [0.15, 0.2) is 46.9 Å². The number of ether oxygens (including phenoxy) is 1. The second-order valence-electron chi connectivity index (χ2n) is 5.90. The van der Waals surface area contributed by atoms with Crippen molar-refractivity contribution in [3.8, 4) is 5.75 Å². The highest BCUT2D eigenvalue weighted by Gasteiger charge is 2.19. The third kappa shape index (κ3) is 3.54. The molecule has 1 aromatic heterocycles. The van der Waals surface area contributed by atoms with Crippen LogP contribution in [0.1, 0.15) is 24.2 Å². The summed E-state index contributed by atoms with van der Waals surface area (Å²) in [6.45, 7) is 4.20. The molecular weight excluding hydrogens is 382 g/mol. The van der Waals surface area contributed by atoms with Gasteiger partial charge in [0.15, 0.2) is 0 Å². The summed E-state index contributed by atoms with van der Waals surface area (Å²) in [6.07, 6.45) is 0. The number of fused-ring (bicyclic) bond motifs is 1. The van der Waals surface area contributed by atoms with Crippen molar-refractivity contribution in [2.45, 2.75) is 26.4 Å². The van der Waals surface area contributed by atoms with Crippen molar-refractivity contribution in [3.05, 3.63) is 58.2 Å². The number of methoxy groups -OCH3 is 1. The van der Waals surface area contributed by atoms with E-state index < -0.39 is 6.04 Å². The molecule has 0 saturated carbocycles. The minimum Gasteiger partial charge on any atom is -0.496 e. The Morgan fingerprint density at radius 3 is 2.84 bits per heavy atom. The third-order valence-electron chi connectivity index (χ3n) is 4.24. The van der Waals surface area contributed by atoms with Crippen molar-refractivity contribution in [1.29, 1.82) is 0 Å². The normalized spacial score (nSPS) is 12.2. The summed E-state index contributed by atoms with van der Waals surface area (Å²) >= 11 is 3.45. The van der Waals surface area contributed by atoms with Gasteiger partial charge in [0.25, 0.3) is 0 Å². The molecule has 0 saturated heterocycles. The highest BCUT2D eigenvalue weighted by molar-refractivity contribution is 9.10. The van der Waals surface area contributed by atoms with E-state index >= 15 is 0 Å². The summed E-state index contributed by atoms with van der Waals surface area (Å²) in [5.74, 6) is 0.659. The van der Waals surface area contributed by atoms with Crippen LogP contribution in [-0.2, 0) is 11.3 Å². The van der Waals surface area contributed by atoms with Gasteiger partial charge in [-0.3, -0.25) is 9.48 Å². The quantitative estimate of drug-likeness (QED) is 0.702. The predicted molar refractivity (Wildman–Crippen MR) is 102 cm³/mol. The molecule has 1 heterocycles. The molecule has 0 spiro atoms. The van der Waals surface area contributed by atoms with Crippen molar-refractivity contribution in [2.75, 3.05) is 7.11 Å². The van der Waals surface area contributed by atoms with Crippen molar-refractivity contribution in [1.82, 2.24) is 15.1 Å². The lowest BCUT2D eigenvalue weighted by Gasteiger charge is -2.15.